The van der Waals surface area contributed by atoms with Crippen LogP contribution in [-0.2, 0) is 9.53 Å². The van der Waals surface area contributed by atoms with Gasteiger partial charge >= 0.3 is 0 Å². The van der Waals surface area contributed by atoms with Gasteiger partial charge in [-0.3, -0.25) is 4.79 Å². The molecular formula is C10H22N2O2. The Balaban J connectivity index is 3.28. The molecular weight excluding hydrogens is 180 g/mol. The number of hydrogen-bond acceptors (Lipinski definition) is 3. The molecule has 0 saturated carbocycles. The molecule has 14 heavy (non-hydrogen) atoms. The van der Waals surface area contributed by atoms with Crippen LogP contribution in [0.25, 0.3) is 0 Å². The second kappa shape index (κ2) is 8.97. The molecule has 0 aromatic carbocycles. The van der Waals surface area contributed by atoms with Crippen LogP contribution in [0, 0.1) is 5.92 Å². The average Bonchev–Trinajstić information content (AvgIpc) is 2.21. The Morgan fingerprint density at radius 1 is 1.50 bits per heavy atom. The zero-order valence-electron chi connectivity index (χ0n) is 9.43. The summed E-state index contributed by atoms with van der Waals surface area (Å²) in [6, 6.07) is 0. The predicted octanol–water partition coefficient (Wildman–Crippen LogP) is 0.385. The minimum atomic E-state index is 0.0569. The molecule has 0 saturated heterocycles. The second-order valence-electron chi connectivity index (χ2n) is 3.49. The third-order valence-corrected chi connectivity index (χ3v) is 2.11. The van der Waals surface area contributed by atoms with Gasteiger partial charge in [0.2, 0.25) is 5.91 Å². The van der Waals surface area contributed by atoms with Crippen LogP contribution in [0.2, 0.25) is 0 Å². The van der Waals surface area contributed by atoms with Crippen LogP contribution in [0.15, 0.2) is 0 Å². The molecule has 0 heterocycles. The van der Waals surface area contributed by atoms with E-state index in [4.69, 9.17) is 4.74 Å². The standard InChI is InChI=1S/C10H22N2O2/c1-4-9(2)7-12-10(13)8-11-5-6-14-3/h9,11H,4-8H2,1-3H3,(H,12,13). The van der Waals surface area contributed by atoms with Crippen LogP contribution in [-0.4, -0.2) is 39.3 Å². The number of ether oxygens (including phenoxy) is 1. The first-order valence-electron chi connectivity index (χ1n) is 5.17. The van der Waals surface area contributed by atoms with E-state index in [1.165, 1.54) is 0 Å². The smallest absolute Gasteiger partial charge is 0.233 e. The van der Waals surface area contributed by atoms with Gasteiger partial charge in [-0.1, -0.05) is 20.3 Å². The van der Waals surface area contributed by atoms with Gasteiger partial charge in [-0.15, -0.1) is 0 Å². The lowest BCUT2D eigenvalue weighted by molar-refractivity contribution is -0.120. The summed E-state index contributed by atoms with van der Waals surface area (Å²) in [7, 11) is 1.64. The Bertz CT molecular complexity index is 151. The first kappa shape index (κ1) is 13.4. The van der Waals surface area contributed by atoms with Crippen LogP contribution >= 0.6 is 0 Å². The van der Waals surface area contributed by atoms with Gasteiger partial charge in [-0.25, -0.2) is 0 Å². The molecule has 1 amide bonds. The molecule has 0 aliphatic rings. The van der Waals surface area contributed by atoms with Crippen molar-refractivity contribution in [1.29, 1.82) is 0 Å². The highest BCUT2D eigenvalue weighted by molar-refractivity contribution is 5.77. The molecule has 0 rings (SSSR count). The molecule has 0 aliphatic heterocycles. The van der Waals surface area contributed by atoms with Crippen LogP contribution in [0.5, 0.6) is 0 Å². The van der Waals surface area contributed by atoms with E-state index in [0.29, 0.717) is 25.6 Å². The quantitative estimate of drug-likeness (QED) is 0.560. The van der Waals surface area contributed by atoms with Crippen molar-refractivity contribution in [3.8, 4) is 0 Å². The fraction of sp³-hybridized carbons (Fsp3) is 0.900. The van der Waals surface area contributed by atoms with Crippen LogP contribution < -0.4 is 10.6 Å². The molecule has 0 radical (unpaired) electrons. The van der Waals surface area contributed by atoms with Gasteiger partial charge < -0.3 is 15.4 Å². The van der Waals surface area contributed by atoms with E-state index in [1.54, 1.807) is 7.11 Å². The summed E-state index contributed by atoms with van der Waals surface area (Å²) in [4.78, 5) is 11.2. The normalized spacial score (nSPS) is 12.5. The first-order valence-corrected chi connectivity index (χ1v) is 5.17. The van der Waals surface area contributed by atoms with Crippen molar-refractivity contribution in [3.05, 3.63) is 0 Å². The summed E-state index contributed by atoms with van der Waals surface area (Å²) in [6.07, 6.45) is 1.09. The molecule has 1 unspecified atom stereocenters. The van der Waals surface area contributed by atoms with Gasteiger partial charge in [0, 0.05) is 20.2 Å². The zero-order valence-corrected chi connectivity index (χ0v) is 9.43. The summed E-state index contributed by atoms with van der Waals surface area (Å²) in [5.41, 5.74) is 0. The minimum Gasteiger partial charge on any atom is -0.383 e. The third-order valence-electron chi connectivity index (χ3n) is 2.11. The number of nitrogens with one attached hydrogen (secondary N) is 2. The van der Waals surface area contributed by atoms with Crippen molar-refractivity contribution in [2.75, 3.05) is 33.4 Å². The molecule has 2 N–H and O–H groups in total. The Hall–Kier alpha value is -0.610. The largest absolute Gasteiger partial charge is 0.383 e. The number of carbonyl (C=O) groups excluding carboxylic acids is 1. The minimum absolute atomic E-state index is 0.0569. The zero-order chi connectivity index (χ0) is 10.8. The van der Waals surface area contributed by atoms with Crippen molar-refractivity contribution in [2.45, 2.75) is 20.3 Å². The number of amides is 1. The fourth-order valence-corrected chi connectivity index (χ4v) is 0.871. The first-order chi connectivity index (χ1) is 6.70. The lowest BCUT2D eigenvalue weighted by Gasteiger charge is -2.10. The highest BCUT2D eigenvalue weighted by atomic mass is 16.5. The second-order valence-corrected chi connectivity index (χ2v) is 3.49. The van der Waals surface area contributed by atoms with Crippen molar-refractivity contribution in [3.63, 3.8) is 0 Å². The van der Waals surface area contributed by atoms with Gasteiger partial charge in [0.25, 0.3) is 0 Å². The summed E-state index contributed by atoms with van der Waals surface area (Å²) in [5.74, 6) is 0.610. The molecule has 0 fully saturated rings. The SMILES string of the molecule is CCC(C)CNC(=O)CNCCOC. The van der Waals surface area contributed by atoms with Crippen LogP contribution in [0.3, 0.4) is 0 Å². The molecule has 4 heteroatoms. The Labute approximate surface area is 86.4 Å². The van der Waals surface area contributed by atoms with E-state index in [1.807, 2.05) is 0 Å². The molecule has 0 aromatic rings. The van der Waals surface area contributed by atoms with Gasteiger partial charge in [0.15, 0.2) is 0 Å². The van der Waals surface area contributed by atoms with Gasteiger partial charge in [0.1, 0.15) is 0 Å². The monoisotopic (exact) mass is 202 g/mol. The van der Waals surface area contributed by atoms with Crippen LogP contribution in [0.1, 0.15) is 20.3 Å². The Morgan fingerprint density at radius 2 is 2.21 bits per heavy atom. The maximum atomic E-state index is 11.2. The summed E-state index contributed by atoms with van der Waals surface area (Å²) in [5, 5.41) is 5.86. The summed E-state index contributed by atoms with van der Waals surface area (Å²) in [6.45, 7) is 6.74. The maximum absolute atomic E-state index is 11.2. The van der Waals surface area contributed by atoms with Crippen molar-refractivity contribution in [1.82, 2.24) is 10.6 Å². The van der Waals surface area contributed by atoms with Crippen LogP contribution in [0.4, 0.5) is 0 Å². The van der Waals surface area contributed by atoms with E-state index in [0.717, 1.165) is 13.0 Å². The van der Waals surface area contributed by atoms with Gasteiger partial charge in [0.05, 0.1) is 13.2 Å². The van der Waals surface area contributed by atoms with Gasteiger partial charge in [-0.2, -0.15) is 0 Å². The molecule has 0 bridgehead atoms. The molecule has 4 nitrogen and oxygen atoms in total. The van der Waals surface area contributed by atoms with E-state index in [9.17, 15) is 4.79 Å². The number of carbonyl (C=O) groups is 1. The average molecular weight is 202 g/mol. The highest BCUT2D eigenvalue weighted by Gasteiger charge is 2.02. The molecule has 0 aromatic heterocycles. The number of rotatable bonds is 8. The lowest BCUT2D eigenvalue weighted by atomic mass is 10.1. The summed E-state index contributed by atoms with van der Waals surface area (Å²) < 4.78 is 4.85. The topological polar surface area (TPSA) is 50.4 Å². The lowest BCUT2D eigenvalue weighted by Crippen LogP contribution is -2.37. The van der Waals surface area contributed by atoms with Crippen molar-refractivity contribution in [2.24, 2.45) is 5.92 Å². The van der Waals surface area contributed by atoms with E-state index < -0.39 is 0 Å². The number of methoxy groups -OCH3 is 1. The van der Waals surface area contributed by atoms with Gasteiger partial charge in [-0.05, 0) is 5.92 Å². The van der Waals surface area contributed by atoms with E-state index in [2.05, 4.69) is 24.5 Å². The molecule has 0 spiro atoms. The Kier molecular flexibility index (Phi) is 8.57. The Morgan fingerprint density at radius 3 is 2.79 bits per heavy atom. The van der Waals surface area contributed by atoms with Crippen molar-refractivity contribution < 1.29 is 9.53 Å². The molecule has 1 atom stereocenters. The maximum Gasteiger partial charge on any atom is 0.233 e. The number of hydrogen-bond donors (Lipinski definition) is 2. The van der Waals surface area contributed by atoms with E-state index in [-0.39, 0.29) is 5.91 Å². The molecule has 0 aliphatic carbocycles. The predicted molar refractivity (Wildman–Crippen MR) is 57.2 cm³/mol. The third kappa shape index (κ3) is 8.01. The molecule has 84 valence electrons. The van der Waals surface area contributed by atoms with Crippen molar-refractivity contribution >= 4 is 5.91 Å². The highest BCUT2D eigenvalue weighted by Crippen LogP contribution is 1.96. The fourth-order valence-electron chi connectivity index (χ4n) is 0.871. The summed E-state index contributed by atoms with van der Waals surface area (Å²) >= 11 is 0. The van der Waals surface area contributed by atoms with E-state index >= 15 is 0 Å².